The second-order valence-electron chi connectivity index (χ2n) is 6.18. The van der Waals surface area contributed by atoms with E-state index in [-0.39, 0.29) is 0 Å². The van der Waals surface area contributed by atoms with E-state index in [9.17, 15) is 0 Å². The van der Waals surface area contributed by atoms with Crippen molar-refractivity contribution in [2.75, 3.05) is 0 Å². The summed E-state index contributed by atoms with van der Waals surface area (Å²) in [4.78, 5) is 0. The van der Waals surface area contributed by atoms with Gasteiger partial charge in [-0.3, -0.25) is 0 Å². The van der Waals surface area contributed by atoms with Crippen molar-refractivity contribution < 1.29 is 0 Å². The van der Waals surface area contributed by atoms with E-state index in [4.69, 9.17) is 0 Å². The summed E-state index contributed by atoms with van der Waals surface area (Å²) in [5.74, 6) is 0.983. The summed E-state index contributed by atoms with van der Waals surface area (Å²) in [6.07, 6.45) is 10.4. The third kappa shape index (κ3) is 1.43. The Morgan fingerprint density at radius 1 is 0.923 bits per heavy atom. The zero-order valence-corrected chi connectivity index (χ0v) is 9.53. The van der Waals surface area contributed by atoms with Gasteiger partial charge >= 0.3 is 0 Å². The van der Waals surface area contributed by atoms with Gasteiger partial charge in [-0.15, -0.1) is 0 Å². The molecule has 2 aliphatic carbocycles. The van der Waals surface area contributed by atoms with Crippen molar-refractivity contribution in [3.05, 3.63) is 0 Å². The quantitative estimate of drug-likeness (QED) is 0.518. The van der Waals surface area contributed by atoms with Crippen molar-refractivity contribution in [3.63, 3.8) is 0 Å². The molecule has 0 aliphatic heterocycles. The molecule has 0 aromatic heterocycles. The van der Waals surface area contributed by atoms with E-state index in [2.05, 4.69) is 20.8 Å². The topological polar surface area (TPSA) is 0 Å². The Morgan fingerprint density at radius 2 is 1.54 bits per heavy atom. The highest BCUT2D eigenvalue weighted by Gasteiger charge is 2.48. The van der Waals surface area contributed by atoms with Crippen LogP contribution in [0.1, 0.15) is 65.7 Å². The van der Waals surface area contributed by atoms with Crippen LogP contribution in [-0.2, 0) is 0 Å². The van der Waals surface area contributed by atoms with Gasteiger partial charge in [0.15, 0.2) is 0 Å². The maximum Gasteiger partial charge on any atom is -0.0269 e. The Morgan fingerprint density at radius 3 is 2.23 bits per heavy atom. The third-order valence-corrected chi connectivity index (χ3v) is 5.15. The van der Waals surface area contributed by atoms with Crippen molar-refractivity contribution in [1.29, 1.82) is 0 Å². The van der Waals surface area contributed by atoms with Crippen molar-refractivity contribution in [2.24, 2.45) is 16.7 Å². The molecule has 0 saturated heterocycles. The van der Waals surface area contributed by atoms with Crippen LogP contribution in [0, 0.1) is 16.7 Å². The van der Waals surface area contributed by atoms with E-state index in [0.29, 0.717) is 10.8 Å². The van der Waals surface area contributed by atoms with E-state index in [1.807, 2.05) is 0 Å². The van der Waals surface area contributed by atoms with Gasteiger partial charge in [0.25, 0.3) is 0 Å². The van der Waals surface area contributed by atoms with E-state index >= 15 is 0 Å². The molecule has 0 heterocycles. The van der Waals surface area contributed by atoms with Crippen molar-refractivity contribution in [3.8, 4) is 0 Å². The Hall–Kier alpha value is 0. The Labute approximate surface area is 83.1 Å². The van der Waals surface area contributed by atoms with Gasteiger partial charge in [-0.1, -0.05) is 40.0 Å². The Bertz CT molecular complexity index is 196. The molecule has 3 atom stereocenters. The zero-order chi connectivity index (χ0) is 9.53. The zero-order valence-electron chi connectivity index (χ0n) is 9.53. The summed E-state index contributed by atoms with van der Waals surface area (Å²) < 4.78 is 0. The van der Waals surface area contributed by atoms with Gasteiger partial charge in [0.2, 0.25) is 0 Å². The van der Waals surface area contributed by atoms with Crippen molar-refractivity contribution in [2.45, 2.75) is 65.7 Å². The lowest BCUT2D eigenvalue weighted by atomic mass is 9.50. The van der Waals surface area contributed by atoms with Gasteiger partial charge in [0, 0.05) is 0 Å². The largest absolute Gasteiger partial charge is 0.0625 e. The fourth-order valence-corrected chi connectivity index (χ4v) is 3.85. The van der Waals surface area contributed by atoms with Crippen LogP contribution in [0.25, 0.3) is 0 Å². The smallest absolute Gasteiger partial charge is 0.0269 e. The fraction of sp³-hybridized carbons (Fsp3) is 1.00. The van der Waals surface area contributed by atoms with E-state index in [0.717, 1.165) is 5.92 Å². The molecule has 0 N–H and O–H groups in total. The maximum absolute atomic E-state index is 2.56. The van der Waals surface area contributed by atoms with Crippen LogP contribution in [0.3, 0.4) is 0 Å². The number of fused-ring (bicyclic) bond motifs is 1. The molecule has 0 heteroatoms. The van der Waals surface area contributed by atoms with Crippen LogP contribution in [0.4, 0.5) is 0 Å². The second-order valence-corrected chi connectivity index (χ2v) is 6.18. The lowest BCUT2D eigenvalue weighted by Crippen LogP contribution is -2.44. The average molecular weight is 180 g/mol. The normalized spacial score (nSPS) is 51.5. The summed E-state index contributed by atoms with van der Waals surface area (Å²) in [5.41, 5.74) is 1.38. The first kappa shape index (κ1) is 9.55. The SMILES string of the molecule is CC1CC[C@]2(C)CCCC[C@@]2(C)C1. The van der Waals surface area contributed by atoms with Crippen LogP contribution in [0.2, 0.25) is 0 Å². The number of hydrogen-bond donors (Lipinski definition) is 0. The summed E-state index contributed by atoms with van der Waals surface area (Å²) in [7, 11) is 0. The molecule has 0 aromatic carbocycles. The minimum Gasteiger partial charge on any atom is -0.0625 e. The average Bonchev–Trinajstić information content (AvgIpc) is 2.07. The first-order valence-corrected chi connectivity index (χ1v) is 6.06. The number of rotatable bonds is 0. The maximum atomic E-state index is 2.56. The molecule has 0 aromatic rings. The van der Waals surface area contributed by atoms with Crippen molar-refractivity contribution in [1.82, 2.24) is 0 Å². The highest BCUT2D eigenvalue weighted by Crippen LogP contribution is 2.59. The molecule has 13 heavy (non-hydrogen) atoms. The fourth-order valence-electron chi connectivity index (χ4n) is 3.85. The second kappa shape index (κ2) is 3.00. The number of hydrogen-bond acceptors (Lipinski definition) is 0. The molecule has 76 valence electrons. The highest BCUT2D eigenvalue weighted by molar-refractivity contribution is 4.99. The molecule has 2 rings (SSSR count). The van der Waals surface area contributed by atoms with E-state index in [1.54, 1.807) is 0 Å². The van der Waals surface area contributed by atoms with Gasteiger partial charge in [0.1, 0.15) is 0 Å². The molecule has 1 unspecified atom stereocenters. The van der Waals surface area contributed by atoms with Crippen LogP contribution in [0.5, 0.6) is 0 Å². The van der Waals surface area contributed by atoms with Crippen LogP contribution in [-0.4, -0.2) is 0 Å². The molecular weight excluding hydrogens is 156 g/mol. The van der Waals surface area contributed by atoms with Crippen LogP contribution < -0.4 is 0 Å². The van der Waals surface area contributed by atoms with Crippen molar-refractivity contribution >= 4 is 0 Å². The molecule has 2 saturated carbocycles. The first-order valence-electron chi connectivity index (χ1n) is 6.06. The van der Waals surface area contributed by atoms with Gasteiger partial charge in [-0.2, -0.15) is 0 Å². The minimum atomic E-state index is 0.683. The predicted octanol–water partition coefficient (Wildman–Crippen LogP) is 4.39. The lowest BCUT2D eigenvalue weighted by molar-refractivity contribution is -0.0448. The summed E-state index contributed by atoms with van der Waals surface area (Å²) in [6.45, 7) is 7.55. The van der Waals surface area contributed by atoms with E-state index in [1.165, 1.54) is 44.9 Å². The molecule has 0 amide bonds. The molecule has 2 aliphatic rings. The van der Waals surface area contributed by atoms with Gasteiger partial charge in [-0.05, 0) is 42.4 Å². The van der Waals surface area contributed by atoms with Gasteiger partial charge in [0.05, 0.1) is 0 Å². The monoisotopic (exact) mass is 180 g/mol. The lowest BCUT2D eigenvalue weighted by Gasteiger charge is -2.55. The van der Waals surface area contributed by atoms with Crippen LogP contribution >= 0.6 is 0 Å². The highest BCUT2D eigenvalue weighted by atomic mass is 14.5. The van der Waals surface area contributed by atoms with Crippen LogP contribution in [0.15, 0.2) is 0 Å². The van der Waals surface area contributed by atoms with Gasteiger partial charge in [-0.25, -0.2) is 0 Å². The molecule has 2 fully saturated rings. The molecule has 0 spiro atoms. The minimum absolute atomic E-state index is 0.683. The summed E-state index contributed by atoms with van der Waals surface area (Å²) in [5, 5.41) is 0. The Balaban J connectivity index is 2.20. The van der Waals surface area contributed by atoms with E-state index < -0.39 is 0 Å². The summed E-state index contributed by atoms with van der Waals surface area (Å²) >= 11 is 0. The molecule has 0 radical (unpaired) electrons. The molecular formula is C13H24. The Kier molecular flexibility index (Phi) is 2.20. The third-order valence-electron chi connectivity index (χ3n) is 5.15. The molecule has 0 bridgehead atoms. The first-order chi connectivity index (χ1) is 6.06. The predicted molar refractivity (Wildman–Crippen MR) is 57.7 cm³/mol. The summed E-state index contributed by atoms with van der Waals surface area (Å²) in [6, 6.07) is 0. The standard InChI is InChI=1S/C13H24/c1-11-6-9-12(2)7-4-5-8-13(12,3)10-11/h11H,4-10H2,1-3H3/t11?,12-,13-/m0/s1. The molecule has 0 nitrogen and oxygen atoms in total. The van der Waals surface area contributed by atoms with Gasteiger partial charge < -0.3 is 0 Å².